The molecule has 110 valence electrons. The van der Waals surface area contributed by atoms with Crippen molar-refractivity contribution in [3.8, 4) is 5.75 Å². The molecule has 1 aliphatic rings. The van der Waals surface area contributed by atoms with Crippen molar-refractivity contribution in [1.82, 2.24) is 4.90 Å². The highest BCUT2D eigenvalue weighted by Crippen LogP contribution is 2.21. The molecule has 1 aromatic carbocycles. The predicted molar refractivity (Wildman–Crippen MR) is 79.8 cm³/mol. The number of likely N-dealkylation sites (tertiary alicyclic amines) is 1. The van der Waals surface area contributed by atoms with Crippen molar-refractivity contribution >= 4 is 5.91 Å². The molecule has 0 bridgehead atoms. The monoisotopic (exact) mass is 276 g/mol. The van der Waals surface area contributed by atoms with Gasteiger partial charge in [-0.3, -0.25) is 4.79 Å². The van der Waals surface area contributed by atoms with Crippen LogP contribution >= 0.6 is 0 Å². The van der Waals surface area contributed by atoms with Gasteiger partial charge >= 0.3 is 0 Å². The summed E-state index contributed by atoms with van der Waals surface area (Å²) in [6, 6.07) is 6.21. The molecule has 1 saturated heterocycles. The summed E-state index contributed by atoms with van der Waals surface area (Å²) in [4.78, 5) is 14.1. The third kappa shape index (κ3) is 3.31. The first-order valence-corrected chi connectivity index (χ1v) is 7.32. The Morgan fingerprint density at radius 3 is 3.00 bits per heavy atom. The SMILES string of the molecule is Cc1cccc(OCCC(=O)N2CCCC2CN)c1C. The van der Waals surface area contributed by atoms with Crippen LogP contribution in [0.1, 0.15) is 30.4 Å². The van der Waals surface area contributed by atoms with Gasteiger partial charge in [-0.15, -0.1) is 0 Å². The van der Waals surface area contributed by atoms with Crippen LogP contribution in [-0.4, -0.2) is 36.5 Å². The number of benzene rings is 1. The van der Waals surface area contributed by atoms with Gasteiger partial charge in [-0.2, -0.15) is 0 Å². The largest absolute Gasteiger partial charge is 0.493 e. The number of aryl methyl sites for hydroxylation is 1. The summed E-state index contributed by atoms with van der Waals surface area (Å²) >= 11 is 0. The number of carbonyl (C=O) groups excluding carboxylic acids is 1. The van der Waals surface area contributed by atoms with Crippen LogP contribution in [0.4, 0.5) is 0 Å². The summed E-state index contributed by atoms with van der Waals surface area (Å²) < 4.78 is 5.74. The standard InChI is InChI=1S/C16H24N2O2/c1-12-5-3-7-15(13(12)2)20-10-8-16(19)18-9-4-6-14(18)11-17/h3,5,7,14H,4,6,8-11,17H2,1-2H3. The lowest BCUT2D eigenvalue weighted by atomic mass is 10.1. The fourth-order valence-electron chi connectivity index (χ4n) is 2.68. The molecule has 0 saturated carbocycles. The van der Waals surface area contributed by atoms with Crippen LogP contribution in [0.25, 0.3) is 0 Å². The Labute approximate surface area is 120 Å². The normalized spacial score (nSPS) is 18.4. The zero-order valence-electron chi connectivity index (χ0n) is 12.4. The average Bonchev–Trinajstić information content (AvgIpc) is 2.92. The second kappa shape index (κ2) is 6.75. The molecular formula is C16H24N2O2. The van der Waals surface area contributed by atoms with E-state index in [2.05, 4.69) is 13.0 Å². The van der Waals surface area contributed by atoms with Crippen LogP contribution in [0, 0.1) is 13.8 Å². The number of ether oxygens (including phenoxy) is 1. The average molecular weight is 276 g/mol. The second-order valence-electron chi connectivity index (χ2n) is 5.42. The van der Waals surface area contributed by atoms with Crippen molar-refractivity contribution in [3.63, 3.8) is 0 Å². The van der Waals surface area contributed by atoms with Crippen LogP contribution < -0.4 is 10.5 Å². The topological polar surface area (TPSA) is 55.6 Å². The van der Waals surface area contributed by atoms with Gasteiger partial charge in [0.05, 0.1) is 13.0 Å². The van der Waals surface area contributed by atoms with Gasteiger partial charge in [0.25, 0.3) is 0 Å². The fourth-order valence-corrected chi connectivity index (χ4v) is 2.68. The molecule has 1 heterocycles. The third-order valence-electron chi connectivity index (χ3n) is 4.10. The number of rotatable bonds is 5. The zero-order chi connectivity index (χ0) is 14.5. The Bertz CT molecular complexity index is 474. The Morgan fingerprint density at radius 1 is 1.45 bits per heavy atom. The molecule has 1 unspecified atom stereocenters. The number of hydrogen-bond acceptors (Lipinski definition) is 3. The van der Waals surface area contributed by atoms with Crippen LogP contribution in [-0.2, 0) is 4.79 Å². The lowest BCUT2D eigenvalue weighted by Gasteiger charge is -2.23. The quantitative estimate of drug-likeness (QED) is 0.895. The summed E-state index contributed by atoms with van der Waals surface area (Å²) in [5.74, 6) is 1.03. The molecule has 1 fully saturated rings. The lowest BCUT2D eigenvalue weighted by molar-refractivity contribution is -0.132. The Morgan fingerprint density at radius 2 is 2.25 bits per heavy atom. The molecule has 0 spiro atoms. The van der Waals surface area contributed by atoms with Crippen molar-refractivity contribution in [1.29, 1.82) is 0 Å². The number of hydrogen-bond donors (Lipinski definition) is 1. The second-order valence-corrected chi connectivity index (χ2v) is 5.42. The van der Waals surface area contributed by atoms with E-state index in [0.29, 0.717) is 19.6 Å². The van der Waals surface area contributed by atoms with E-state index in [9.17, 15) is 4.79 Å². The van der Waals surface area contributed by atoms with Gasteiger partial charge in [-0.05, 0) is 43.9 Å². The minimum absolute atomic E-state index is 0.156. The summed E-state index contributed by atoms with van der Waals surface area (Å²) in [6.07, 6.45) is 2.51. The molecule has 4 nitrogen and oxygen atoms in total. The van der Waals surface area contributed by atoms with Crippen LogP contribution in [0.3, 0.4) is 0 Å². The van der Waals surface area contributed by atoms with Gasteiger partial charge in [0.2, 0.25) is 5.91 Å². The molecule has 4 heteroatoms. The molecule has 1 atom stereocenters. The smallest absolute Gasteiger partial charge is 0.226 e. The Balaban J connectivity index is 1.84. The highest BCUT2D eigenvalue weighted by atomic mass is 16.5. The summed E-state index contributed by atoms with van der Waals surface area (Å²) in [5, 5.41) is 0. The van der Waals surface area contributed by atoms with Crippen molar-refractivity contribution in [3.05, 3.63) is 29.3 Å². The number of nitrogens with two attached hydrogens (primary N) is 1. The van der Waals surface area contributed by atoms with Crippen LogP contribution in [0.5, 0.6) is 5.75 Å². The van der Waals surface area contributed by atoms with E-state index < -0.39 is 0 Å². The summed E-state index contributed by atoms with van der Waals surface area (Å²) in [5.41, 5.74) is 8.04. The Kier molecular flexibility index (Phi) is 5.01. The van der Waals surface area contributed by atoms with Crippen molar-refractivity contribution in [2.24, 2.45) is 5.73 Å². The molecule has 1 aliphatic heterocycles. The number of nitrogens with zero attached hydrogens (tertiary/aromatic N) is 1. The minimum atomic E-state index is 0.156. The van der Waals surface area contributed by atoms with E-state index in [4.69, 9.17) is 10.5 Å². The first kappa shape index (κ1) is 14.9. The maximum atomic E-state index is 12.1. The van der Waals surface area contributed by atoms with Gasteiger partial charge in [-0.25, -0.2) is 0 Å². The van der Waals surface area contributed by atoms with Crippen LogP contribution in [0.2, 0.25) is 0 Å². The molecular weight excluding hydrogens is 252 g/mol. The van der Waals surface area contributed by atoms with Crippen molar-refractivity contribution in [2.75, 3.05) is 19.7 Å². The molecule has 0 aliphatic carbocycles. The minimum Gasteiger partial charge on any atom is -0.493 e. The molecule has 0 radical (unpaired) electrons. The number of carbonyl (C=O) groups is 1. The van der Waals surface area contributed by atoms with E-state index in [-0.39, 0.29) is 11.9 Å². The molecule has 1 amide bonds. The van der Waals surface area contributed by atoms with E-state index in [1.807, 2.05) is 24.0 Å². The number of amides is 1. The summed E-state index contributed by atoms with van der Waals surface area (Å²) in [7, 11) is 0. The first-order chi connectivity index (χ1) is 9.63. The predicted octanol–water partition coefficient (Wildman–Crippen LogP) is 2.02. The highest BCUT2D eigenvalue weighted by molar-refractivity contribution is 5.77. The van der Waals surface area contributed by atoms with Crippen molar-refractivity contribution < 1.29 is 9.53 Å². The summed E-state index contributed by atoms with van der Waals surface area (Å²) in [6.45, 7) is 5.92. The maximum absolute atomic E-state index is 12.1. The fraction of sp³-hybridized carbons (Fsp3) is 0.562. The first-order valence-electron chi connectivity index (χ1n) is 7.32. The molecule has 2 N–H and O–H groups in total. The maximum Gasteiger partial charge on any atom is 0.226 e. The van der Waals surface area contributed by atoms with Gasteiger partial charge < -0.3 is 15.4 Å². The molecule has 2 rings (SSSR count). The Hall–Kier alpha value is -1.55. The van der Waals surface area contributed by atoms with Crippen LogP contribution in [0.15, 0.2) is 18.2 Å². The van der Waals surface area contributed by atoms with E-state index in [0.717, 1.165) is 30.7 Å². The molecule has 1 aromatic rings. The van der Waals surface area contributed by atoms with E-state index in [1.165, 1.54) is 5.56 Å². The third-order valence-corrected chi connectivity index (χ3v) is 4.10. The zero-order valence-corrected chi connectivity index (χ0v) is 12.4. The highest BCUT2D eigenvalue weighted by Gasteiger charge is 2.27. The van der Waals surface area contributed by atoms with E-state index in [1.54, 1.807) is 0 Å². The van der Waals surface area contributed by atoms with E-state index >= 15 is 0 Å². The molecule has 20 heavy (non-hydrogen) atoms. The van der Waals surface area contributed by atoms with Gasteiger partial charge in [0.1, 0.15) is 5.75 Å². The lowest BCUT2D eigenvalue weighted by Crippen LogP contribution is -2.40. The van der Waals surface area contributed by atoms with Gasteiger partial charge in [-0.1, -0.05) is 12.1 Å². The van der Waals surface area contributed by atoms with Gasteiger partial charge in [0.15, 0.2) is 0 Å². The molecule has 0 aromatic heterocycles. The van der Waals surface area contributed by atoms with Gasteiger partial charge in [0, 0.05) is 19.1 Å². The van der Waals surface area contributed by atoms with Crippen molar-refractivity contribution in [2.45, 2.75) is 39.2 Å².